The molecule has 1 N–H and O–H groups in total. The molecular weight excluding hydrogens is 512 g/mol. The van der Waals surface area contributed by atoms with E-state index in [0.29, 0.717) is 15.6 Å². The summed E-state index contributed by atoms with van der Waals surface area (Å²) in [7, 11) is 0. The third kappa shape index (κ3) is 4.78. The van der Waals surface area contributed by atoms with Crippen molar-refractivity contribution in [3.63, 3.8) is 0 Å². The molecule has 34 heavy (non-hydrogen) atoms. The number of nitrogens with zero attached hydrogens (tertiary/aromatic N) is 1. The molecule has 0 aliphatic rings. The van der Waals surface area contributed by atoms with Crippen LogP contribution in [0.2, 0.25) is 15.1 Å². The number of hydrogen-bond donors (Lipinski definition) is 1. The second-order valence-corrected chi connectivity index (χ2v) is 8.63. The highest BCUT2D eigenvalue weighted by atomic mass is 35.5. The number of hydrogen-bond acceptors (Lipinski definition) is 2. The Bertz CT molecular complexity index is 1410. The number of carbonyl (C=O) groups is 2. The minimum absolute atomic E-state index is 0.00355. The van der Waals surface area contributed by atoms with Crippen LogP contribution in [0.3, 0.4) is 0 Å². The van der Waals surface area contributed by atoms with E-state index < -0.39 is 29.1 Å². The van der Waals surface area contributed by atoms with Crippen LogP contribution in [0, 0.1) is 0 Å². The molecule has 0 radical (unpaired) electrons. The van der Waals surface area contributed by atoms with E-state index in [1.165, 1.54) is 60.7 Å². The Hall–Kier alpha value is -3.00. The molecule has 1 heterocycles. The minimum atomic E-state index is -4.94. The third-order valence-corrected chi connectivity index (χ3v) is 5.96. The Kier molecular flexibility index (Phi) is 6.62. The van der Waals surface area contributed by atoms with E-state index in [1.54, 1.807) is 6.07 Å². The van der Waals surface area contributed by atoms with Crippen molar-refractivity contribution < 1.29 is 22.8 Å². The summed E-state index contributed by atoms with van der Waals surface area (Å²) in [5.41, 5.74) is -1.27. The lowest BCUT2D eigenvalue weighted by atomic mass is 10.1. The Morgan fingerprint density at radius 2 is 1.53 bits per heavy atom. The molecule has 0 bridgehead atoms. The quantitative estimate of drug-likeness (QED) is 0.217. The van der Waals surface area contributed by atoms with E-state index >= 15 is 0 Å². The summed E-state index contributed by atoms with van der Waals surface area (Å²) in [6.45, 7) is -0.294. The summed E-state index contributed by atoms with van der Waals surface area (Å²) in [4.78, 5) is 25.8. The average Bonchev–Trinajstić information content (AvgIpc) is 3.11. The fraction of sp³-hybridized carbons (Fsp3) is 0.0833. The molecule has 174 valence electrons. The zero-order valence-electron chi connectivity index (χ0n) is 17.1. The van der Waals surface area contributed by atoms with Crippen molar-refractivity contribution in [2.75, 3.05) is 5.32 Å². The van der Waals surface area contributed by atoms with Gasteiger partial charge in [-0.05, 0) is 48.0 Å². The summed E-state index contributed by atoms with van der Waals surface area (Å²) >= 11 is 17.9. The van der Waals surface area contributed by atoms with Gasteiger partial charge in [0.2, 0.25) is 0 Å². The van der Waals surface area contributed by atoms with E-state index in [0.717, 1.165) is 4.57 Å². The highest BCUT2D eigenvalue weighted by Gasteiger charge is 2.42. The van der Waals surface area contributed by atoms with Gasteiger partial charge in [-0.3, -0.25) is 9.59 Å². The van der Waals surface area contributed by atoms with Gasteiger partial charge in [0.1, 0.15) is 5.69 Å². The van der Waals surface area contributed by atoms with E-state index in [-0.39, 0.29) is 28.2 Å². The first-order chi connectivity index (χ1) is 16.1. The van der Waals surface area contributed by atoms with Crippen molar-refractivity contribution in [1.82, 2.24) is 4.57 Å². The number of para-hydroxylation sites is 1. The fourth-order valence-corrected chi connectivity index (χ4v) is 4.24. The van der Waals surface area contributed by atoms with Gasteiger partial charge in [-0.25, -0.2) is 0 Å². The lowest BCUT2D eigenvalue weighted by molar-refractivity contribution is -0.143. The molecule has 3 aromatic carbocycles. The van der Waals surface area contributed by atoms with Crippen LogP contribution in [0.1, 0.15) is 21.6 Å². The summed E-state index contributed by atoms with van der Waals surface area (Å²) in [5.74, 6) is -2.53. The predicted octanol–water partition coefficient (Wildman–Crippen LogP) is 7.49. The normalized spacial score (nSPS) is 11.6. The zero-order chi connectivity index (χ0) is 24.6. The van der Waals surface area contributed by atoms with E-state index in [4.69, 9.17) is 34.8 Å². The predicted molar refractivity (Wildman–Crippen MR) is 127 cm³/mol. The Balaban J connectivity index is 1.85. The maximum atomic E-state index is 14.3. The molecule has 0 unspecified atom stereocenters. The van der Waals surface area contributed by atoms with Crippen molar-refractivity contribution in [2.24, 2.45) is 0 Å². The van der Waals surface area contributed by atoms with Gasteiger partial charge in [0.05, 0.1) is 5.56 Å². The van der Waals surface area contributed by atoms with Gasteiger partial charge in [-0.1, -0.05) is 59.1 Å². The van der Waals surface area contributed by atoms with Crippen LogP contribution in [-0.2, 0) is 17.5 Å². The molecule has 1 aromatic heterocycles. The van der Waals surface area contributed by atoms with Crippen molar-refractivity contribution in [1.29, 1.82) is 0 Å². The lowest BCUT2D eigenvalue weighted by Crippen LogP contribution is -2.26. The smallest absolute Gasteiger partial charge is 0.332 e. The summed E-state index contributed by atoms with van der Waals surface area (Å²) < 4.78 is 43.9. The van der Waals surface area contributed by atoms with Crippen LogP contribution < -0.4 is 5.32 Å². The maximum absolute atomic E-state index is 14.3. The summed E-state index contributed by atoms with van der Waals surface area (Å²) in [5, 5.41) is 3.22. The number of fused-ring (bicyclic) bond motifs is 1. The van der Waals surface area contributed by atoms with Crippen molar-refractivity contribution in [2.45, 2.75) is 12.7 Å². The number of anilines is 1. The molecule has 0 saturated heterocycles. The Morgan fingerprint density at radius 3 is 2.18 bits per heavy atom. The van der Waals surface area contributed by atoms with Gasteiger partial charge in [0, 0.05) is 38.2 Å². The maximum Gasteiger partial charge on any atom is 0.432 e. The van der Waals surface area contributed by atoms with Crippen LogP contribution in [0.25, 0.3) is 10.9 Å². The Morgan fingerprint density at radius 1 is 0.882 bits per heavy atom. The number of halogens is 6. The number of benzene rings is 3. The summed E-state index contributed by atoms with van der Waals surface area (Å²) in [6, 6.07) is 16.1. The topological polar surface area (TPSA) is 51.1 Å². The molecule has 4 rings (SSSR count). The van der Waals surface area contributed by atoms with E-state index in [1.807, 2.05) is 0 Å². The number of ketones is 1. The number of nitrogens with one attached hydrogen (secondary N) is 1. The van der Waals surface area contributed by atoms with Gasteiger partial charge in [0.15, 0.2) is 0 Å². The third-order valence-electron chi connectivity index (χ3n) is 5.12. The molecule has 0 saturated carbocycles. The molecular formula is C24H14Cl3F3N2O2. The zero-order valence-corrected chi connectivity index (χ0v) is 19.4. The average molecular weight is 526 g/mol. The van der Waals surface area contributed by atoms with Crippen LogP contribution >= 0.6 is 34.8 Å². The first-order valence-corrected chi connectivity index (χ1v) is 10.9. The molecule has 1 amide bonds. The number of rotatable bonds is 5. The second-order valence-electron chi connectivity index (χ2n) is 7.35. The lowest BCUT2D eigenvalue weighted by Gasteiger charge is -2.15. The van der Waals surface area contributed by atoms with Gasteiger partial charge >= 0.3 is 6.18 Å². The van der Waals surface area contributed by atoms with E-state index in [2.05, 4.69) is 5.32 Å². The first-order valence-electron chi connectivity index (χ1n) is 9.80. The van der Waals surface area contributed by atoms with Gasteiger partial charge in [0.25, 0.3) is 11.7 Å². The monoisotopic (exact) mass is 524 g/mol. The largest absolute Gasteiger partial charge is 0.432 e. The van der Waals surface area contributed by atoms with Crippen molar-refractivity contribution >= 4 is 63.1 Å². The van der Waals surface area contributed by atoms with Crippen LogP contribution in [0.15, 0.2) is 66.7 Å². The van der Waals surface area contributed by atoms with Crippen molar-refractivity contribution in [3.8, 4) is 0 Å². The number of carbonyl (C=O) groups excluding carboxylic acids is 2. The standard InChI is InChI=1S/C24H14Cl3F3N2O2/c25-14-7-9-16(10-8-14)31-23(34)21(33)20-17-3-1-2-4-19(17)32(22(20)24(28,29)30)12-13-5-6-15(26)11-18(13)27/h1-11H,12H2,(H,31,34). The molecule has 0 aliphatic carbocycles. The van der Waals surface area contributed by atoms with Crippen LogP contribution in [0.4, 0.5) is 18.9 Å². The highest BCUT2D eigenvalue weighted by Crippen LogP contribution is 2.39. The van der Waals surface area contributed by atoms with Gasteiger partial charge < -0.3 is 9.88 Å². The molecule has 0 fully saturated rings. The molecule has 4 nitrogen and oxygen atoms in total. The SMILES string of the molecule is O=C(Nc1ccc(Cl)cc1)C(=O)c1c(C(F)(F)F)n(Cc2ccc(Cl)cc2Cl)c2ccccc12. The highest BCUT2D eigenvalue weighted by molar-refractivity contribution is 6.48. The number of amides is 1. The molecule has 0 atom stereocenters. The molecule has 10 heteroatoms. The molecule has 0 aliphatic heterocycles. The van der Waals surface area contributed by atoms with Crippen LogP contribution in [0.5, 0.6) is 0 Å². The van der Waals surface area contributed by atoms with Crippen LogP contribution in [-0.4, -0.2) is 16.3 Å². The van der Waals surface area contributed by atoms with Gasteiger partial charge in [-0.2, -0.15) is 13.2 Å². The number of aromatic nitrogens is 1. The summed E-state index contributed by atoms with van der Waals surface area (Å²) in [6.07, 6.45) is -4.94. The minimum Gasteiger partial charge on any atom is -0.332 e. The second kappa shape index (κ2) is 9.33. The first kappa shape index (κ1) is 24.1. The fourth-order valence-electron chi connectivity index (χ4n) is 3.65. The van der Waals surface area contributed by atoms with E-state index in [9.17, 15) is 22.8 Å². The van der Waals surface area contributed by atoms with Gasteiger partial charge in [-0.15, -0.1) is 0 Å². The van der Waals surface area contributed by atoms with Crippen molar-refractivity contribution in [3.05, 3.63) is 98.6 Å². The molecule has 4 aromatic rings. The Labute approximate surface area is 206 Å². The molecule has 0 spiro atoms. The number of alkyl halides is 3. The number of Topliss-reactive ketones (excluding diaryl/α,β-unsaturated/α-hetero) is 1.